The Kier molecular flexibility index (Phi) is 3.64. The lowest BCUT2D eigenvalue weighted by atomic mass is 10.0. The first-order chi connectivity index (χ1) is 8.42. The van der Waals surface area contributed by atoms with Crippen LogP contribution in [0.25, 0.3) is 0 Å². The molecule has 18 heavy (non-hydrogen) atoms. The summed E-state index contributed by atoms with van der Waals surface area (Å²) in [6.07, 6.45) is 0. The number of amides is 1. The van der Waals surface area contributed by atoms with Crippen molar-refractivity contribution in [2.45, 2.75) is 19.4 Å². The number of nitrogen functional groups attached to an aromatic ring is 1. The Morgan fingerprint density at radius 3 is 2.89 bits per heavy atom. The van der Waals surface area contributed by atoms with Gasteiger partial charge in [-0.3, -0.25) is 4.79 Å². The number of nitrogens with zero attached hydrogens (tertiary/aromatic N) is 1. The van der Waals surface area contributed by atoms with E-state index in [0.717, 1.165) is 4.47 Å². The molecule has 0 saturated carbocycles. The van der Waals surface area contributed by atoms with Crippen molar-refractivity contribution >= 4 is 27.5 Å². The van der Waals surface area contributed by atoms with Gasteiger partial charge in [-0.05, 0) is 32.0 Å². The first-order valence-electron chi connectivity index (χ1n) is 5.86. The maximum atomic E-state index is 12.6. The molecule has 0 unspecified atom stereocenters. The number of morpholine rings is 1. The molecule has 1 aromatic carbocycles. The summed E-state index contributed by atoms with van der Waals surface area (Å²) in [4.78, 5) is 14.4. The van der Waals surface area contributed by atoms with E-state index in [1.807, 2.05) is 24.8 Å². The fraction of sp³-hybridized carbons (Fsp3) is 0.462. The molecule has 4 nitrogen and oxygen atoms in total. The van der Waals surface area contributed by atoms with E-state index in [4.69, 9.17) is 10.5 Å². The molecule has 1 fully saturated rings. The van der Waals surface area contributed by atoms with Crippen LogP contribution in [0, 0.1) is 0 Å². The molecule has 98 valence electrons. The van der Waals surface area contributed by atoms with Crippen molar-refractivity contribution in [3.05, 3.63) is 28.2 Å². The summed E-state index contributed by atoms with van der Waals surface area (Å²) in [6, 6.07) is 5.34. The summed E-state index contributed by atoms with van der Waals surface area (Å²) >= 11 is 3.37. The molecule has 0 spiro atoms. The maximum Gasteiger partial charge on any atom is 0.256 e. The predicted molar refractivity (Wildman–Crippen MR) is 74.5 cm³/mol. The lowest BCUT2D eigenvalue weighted by molar-refractivity contribution is -0.0370. The Morgan fingerprint density at radius 1 is 1.50 bits per heavy atom. The number of ether oxygens (including phenoxy) is 1. The molecule has 0 aliphatic carbocycles. The van der Waals surface area contributed by atoms with Crippen LogP contribution in [0.1, 0.15) is 24.2 Å². The molecule has 5 heteroatoms. The van der Waals surface area contributed by atoms with Crippen molar-refractivity contribution in [3.63, 3.8) is 0 Å². The highest BCUT2D eigenvalue weighted by molar-refractivity contribution is 9.10. The fourth-order valence-electron chi connectivity index (χ4n) is 2.09. The van der Waals surface area contributed by atoms with Gasteiger partial charge >= 0.3 is 0 Å². The van der Waals surface area contributed by atoms with Crippen LogP contribution in [0.15, 0.2) is 22.7 Å². The van der Waals surface area contributed by atoms with E-state index in [2.05, 4.69) is 15.9 Å². The van der Waals surface area contributed by atoms with E-state index < -0.39 is 0 Å². The van der Waals surface area contributed by atoms with Crippen molar-refractivity contribution in [3.8, 4) is 0 Å². The molecule has 1 aliphatic heterocycles. The van der Waals surface area contributed by atoms with Crippen LogP contribution in [0.5, 0.6) is 0 Å². The van der Waals surface area contributed by atoms with E-state index in [-0.39, 0.29) is 11.4 Å². The van der Waals surface area contributed by atoms with Gasteiger partial charge in [0.15, 0.2) is 0 Å². The molecule has 1 aromatic rings. The molecule has 1 heterocycles. The summed E-state index contributed by atoms with van der Waals surface area (Å²) in [7, 11) is 0. The van der Waals surface area contributed by atoms with Crippen molar-refractivity contribution in [2.24, 2.45) is 0 Å². The monoisotopic (exact) mass is 312 g/mol. The molecule has 1 aliphatic rings. The van der Waals surface area contributed by atoms with Gasteiger partial charge in [0, 0.05) is 16.7 Å². The van der Waals surface area contributed by atoms with Crippen LogP contribution in [0.3, 0.4) is 0 Å². The quantitative estimate of drug-likeness (QED) is 0.809. The van der Waals surface area contributed by atoms with Crippen LogP contribution in [-0.2, 0) is 4.74 Å². The SMILES string of the molecule is CC1(C)COCCN1C(=O)c1cc(Br)ccc1N. The van der Waals surface area contributed by atoms with E-state index in [0.29, 0.717) is 31.0 Å². The number of halogens is 1. The number of hydrogen-bond acceptors (Lipinski definition) is 3. The standard InChI is InChI=1S/C13H17BrN2O2/c1-13(2)8-18-6-5-16(13)12(17)10-7-9(14)3-4-11(10)15/h3-4,7H,5-6,8,15H2,1-2H3. The second-order valence-corrected chi connectivity index (χ2v) is 5.97. The zero-order valence-corrected chi connectivity index (χ0v) is 12.2. The van der Waals surface area contributed by atoms with Gasteiger partial charge in [0.2, 0.25) is 0 Å². The molecular formula is C13H17BrN2O2. The minimum absolute atomic E-state index is 0.0397. The highest BCUT2D eigenvalue weighted by Crippen LogP contribution is 2.25. The van der Waals surface area contributed by atoms with Gasteiger partial charge in [-0.1, -0.05) is 15.9 Å². The van der Waals surface area contributed by atoms with E-state index >= 15 is 0 Å². The second kappa shape index (κ2) is 4.90. The van der Waals surface area contributed by atoms with Crippen molar-refractivity contribution in [1.82, 2.24) is 4.90 Å². The fourth-order valence-corrected chi connectivity index (χ4v) is 2.45. The van der Waals surface area contributed by atoms with Crippen LogP contribution >= 0.6 is 15.9 Å². The highest BCUT2D eigenvalue weighted by atomic mass is 79.9. The summed E-state index contributed by atoms with van der Waals surface area (Å²) in [5, 5.41) is 0. The van der Waals surface area contributed by atoms with Gasteiger partial charge in [-0.2, -0.15) is 0 Å². The summed E-state index contributed by atoms with van der Waals surface area (Å²) in [6.45, 7) is 5.71. The van der Waals surface area contributed by atoms with Crippen molar-refractivity contribution in [1.29, 1.82) is 0 Å². The number of anilines is 1. The number of rotatable bonds is 1. The Bertz CT molecular complexity index is 474. The van der Waals surface area contributed by atoms with Gasteiger partial charge in [0.1, 0.15) is 0 Å². The third kappa shape index (κ3) is 2.52. The number of hydrogen-bond donors (Lipinski definition) is 1. The molecule has 0 bridgehead atoms. The molecule has 1 saturated heterocycles. The predicted octanol–water partition coefficient (Wildman–Crippen LogP) is 2.28. The average Bonchev–Trinajstić information content (AvgIpc) is 2.31. The summed E-state index contributed by atoms with van der Waals surface area (Å²) in [5.41, 5.74) is 6.63. The Hall–Kier alpha value is -1.07. The number of carbonyl (C=O) groups is 1. The minimum Gasteiger partial charge on any atom is -0.398 e. The van der Waals surface area contributed by atoms with E-state index in [9.17, 15) is 4.79 Å². The lowest BCUT2D eigenvalue weighted by Crippen LogP contribution is -2.55. The third-order valence-corrected chi connectivity index (χ3v) is 3.63. The van der Waals surface area contributed by atoms with Gasteiger partial charge < -0.3 is 15.4 Å². The first kappa shape index (κ1) is 13.4. The Morgan fingerprint density at radius 2 is 2.22 bits per heavy atom. The number of carbonyl (C=O) groups excluding carboxylic acids is 1. The number of nitrogens with two attached hydrogens (primary N) is 1. The van der Waals surface area contributed by atoms with Gasteiger partial charge in [-0.15, -0.1) is 0 Å². The summed E-state index contributed by atoms with van der Waals surface area (Å²) < 4.78 is 6.27. The normalized spacial score (nSPS) is 18.7. The second-order valence-electron chi connectivity index (χ2n) is 5.05. The molecule has 2 N–H and O–H groups in total. The zero-order chi connectivity index (χ0) is 13.3. The topological polar surface area (TPSA) is 55.6 Å². The third-order valence-electron chi connectivity index (χ3n) is 3.14. The molecule has 0 radical (unpaired) electrons. The van der Waals surface area contributed by atoms with Gasteiger partial charge in [0.05, 0.1) is 24.3 Å². The highest BCUT2D eigenvalue weighted by Gasteiger charge is 2.35. The smallest absolute Gasteiger partial charge is 0.256 e. The van der Waals surface area contributed by atoms with Crippen LogP contribution < -0.4 is 5.73 Å². The van der Waals surface area contributed by atoms with E-state index in [1.54, 1.807) is 12.1 Å². The first-order valence-corrected chi connectivity index (χ1v) is 6.66. The molecular weight excluding hydrogens is 296 g/mol. The maximum absolute atomic E-state index is 12.6. The molecule has 0 aromatic heterocycles. The van der Waals surface area contributed by atoms with Gasteiger partial charge in [0.25, 0.3) is 5.91 Å². The number of benzene rings is 1. The van der Waals surface area contributed by atoms with Crippen LogP contribution in [-0.4, -0.2) is 36.1 Å². The van der Waals surface area contributed by atoms with Crippen molar-refractivity contribution < 1.29 is 9.53 Å². The Balaban J connectivity index is 2.33. The Labute approximate surface area is 115 Å². The largest absolute Gasteiger partial charge is 0.398 e. The van der Waals surface area contributed by atoms with Crippen LogP contribution in [0.4, 0.5) is 5.69 Å². The molecule has 0 atom stereocenters. The van der Waals surface area contributed by atoms with E-state index in [1.165, 1.54) is 0 Å². The lowest BCUT2D eigenvalue weighted by Gasteiger charge is -2.42. The van der Waals surface area contributed by atoms with Crippen molar-refractivity contribution in [2.75, 3.05) is 25.5 Å². The molecule has 2 rings (SSSR count). The zero-order valence-electron chi connectivity index (χ0n) is 10.6. The minimum atomic E-state index is -0.301. The summed E-state index contributed by atoms with van der Waals surface area (Å²) in [5.74, 6) is -0.0397. The van der Waals surface area contributed by atoms with Gasteiger partial charge in [-0.25, -0.2) is 0 Å². The average molecular weight is 313 g/mol. The molecule has 1 amide bonds. The van der Waals surface area contributed by atoms with Crippen LogP contribution in [0.2, 0.25) is 0 Å².